The molecule has 1 amide bonds. The monoisotopic (exact) mass is 267 g/mol. The Labute approximate surface area is 111 Å². The van der Waals surface area contributed by atoms with Crippen molar-refractivity contribution in [1.29, 1.82) is 0 Å². The number of amides is 1. The van der Waals surface area contributed by atoms with Crippen LogP contribution in [0.2, 0.25) is 0 Å². The number of benzene rings is 1. The number of carbonyl (C=O) groups is 2. The summed E-state index contributed by atoms with van der Waals surface area (Å²) in [5, 5.41) is 11.4. The number of aromatic carboxylic acids is 1. The molecule has 1 aromatic carbocycles. The number of carbonyl (C=O) groups excluding carboxylic acids is 1. The van der Waals surface area contributed by atoms with Gasteiger partial charge >= 0.3 is 5.97 Å². The van der Waals surface area contributed by atoms with Gasteiger partial charge in [0.25, 0.3) is 0 Å². The van der Waals surface area contributed by atoms with Crippen LogP contribution in [-0.2, 0) is 4.79 Å². The first-order chi connectivity index (χ1) is 9.06. The van der Waals surface area contributed by atoms with Crippen LogP contribution in [-0.4, -0.2) is 17.0 Å². The quantitative estimate of drug-likeness (QED) is 0.744. The highest BCUT2D eigenvalue weighted by Gasteiger charge is 2.16. The average Bonchev–Trinajstić information content (AvgIpc) is 2.34. The van der Waals surface area contributed by atoms with E-state index in [1.54, 1.807) is 0 Å². The van der Waals surface area contributed by atoms with Gasteiger partial charge in [0, 0.05) is 6.42 Å². The second kappa shape index (κ2) is 7.51. The van der Waals surface area contributed by atoms with E-state index >= 15 is 0 Å². The fraction of sp³-hybridized carbons (Fsp3) is 0.429. The molecule has 0 unspecified atom stereocenters. The smallest absolute Gasteiger partial charge is 0.340 e. The van der Waals surface area contributed by atoms with E-state index in [4.69, 9.17) is 5.11 Å². The van der Waals surface area contributed by atoms with E-state index in [1.807, 2.05) is 0 Å². The van der Waals surface area contributed by atoms with E-state index in [-0.39, 0.29) is 11.6 Å². The Kier molecular flexibility index (Phi) is 5.99. The van der Waals surface area contributed by atoms with Crippen molar-refractivity contribution in [3.05, 3.63) is 29.6 Å². The summed E-state index contributed by atoms with van der Waals surface area (Å²) in [5.74, 6) is -2.53. The van der Waals surface area contributed by atoms with Gasteiger partial charge in [0.2, 0.25) is 5.91 Å². The predicted octanol–water partition coefficient (Wildman–Crippen LogP) is 3.43. The summed E-state index contributed by atoms with van der Waals surface area (Å²) in [6.45, 7) is 2.08. The lowest BCUT2D eigenvalue weighted by Gasteiger charge is -2.09. The number of anilines is 1. The largest absolute Gasteiger partial charge is 0.478 e. The van der Waals surface area contributed by atoms with Crippen molar-refractivity contribution in [2.75, 3.05) is 5.32 Å². The molecule has 0 saturated carbocycles. The highest BCUT2D eigenvalue weighted by atomic mass is 19.1. The van der Waals surface area contributed by atoms with Gasteiger partial charge < -0.3 is 10.4 Å². The first-order valence-electron chi connectivity index (χ1n) is 6.38. The molecule has 19 heavy (non-hydrogen) atoms. The molecule has 0 spiro atoms. The van der Waals surface area contributed by atoms with Gasteiger partial charge in [-0.1, -0.05) is 32.3 Å². The first-order valence-corrected chi connectivity index (χ1v) is 6.38. The zero-order chi connectivity index (χ0) is 14.3. The number of hydrogen-bond donors (Lipinski definition) is 2. The topological polar surface area (TPSA) is 66.4 Å². The molecule has 0 bridgehead atoms. The fourth-order valence-electron chi connectivity index (χ4n) is 1.77. The van der Waals surface area contributed by atoms with Crippen molar-refractivity contribution < 1.29 is 19.1 Å². The molecule has 4 nitrogen and oxygen atoms in total. The predicted molar refractivity (Wildman–Crippen MR) is 70.7 cm³/mol. The van der Waals surface area contributed by atoms with Crippen LogP contribution in [0.1, 0.15) is 49.4 Å². The Hall–Kier alpha value is -1.91. The standard InChI is InChI=1S/C14H18FNO3/c1-2-3-4-5-9-12(17)16-11-8-6-7-10(15)13(11)14(18)19/h6-8H,2-5,9H2,1H3,(H,16,17)(H,18,19). The number of carboxylic acid groups (broad SMARTS) is 1. The zero-order valence-electron chi connectivity index (χ0n) is 10.9. The molecule has 0 aliphatic rings. The van der Waals surface area contributed by atoms with Gasteiger partial charge in [-0.15, -0.1) is 0 Å². The summed E-state index contributed by atoms with van der Waals surface area (Å²) in [6, 6.07) is 3.81. The minimum Gasteiger partial charge on any atom is -0.478 e. The van der Waals surface area contributed by atoms with Crippen LogP contribution in [0.5, 0.6) is 0 Å². The van der Waals surface area contributed by atoms with Crippen molar-refractivity contribution in [3.63, 3.8) is 0 Å². The Bertz CT molecular complexity index is 460. The molecule has 0 aliphatic carbocycles. The van der Waals surface area contributed by atoms with Gasteiger partial charge in [-0.2, -0.15) is 0 Å². The first kappa shape index (κ1) is 15.1. The molecule has 5 heteroatoms. The zero-order valence-corrected chi connectivity index (χ0v) is 10.9. The minimum atomic E-state index is -1.39. The Morgan fingerprint density at radius 2 is 2.00 bits per heavy atom. The molecule has 0 heterocycles. The third-order valence-corrected chi connectivity index (χ3v) is 2.76. The number of halogens is 1. The molecule has 2 N–H and O–H groups in total. The molecule has 0 atom stereocenters. The van der Waals surface area contributed by atoms with Crippen LogP contribution in [0.4, 0.5) is 10.1 Å². The van der Waals surface area contributed by atoms with E-state index in [1.165, 1.54) is 12.1 Å². The SMILES string of the molecule is CCCCCCC(=O)Nc1cccc(F)c1C(=O)O. The van der Waals surface area contributed by atoms with Gasteiger partial charge in [-0.3, -0.25) is 4.79 Å². The van der Waals surface area contributed by atoms with E-state index in [0.29, 0.717) is 6.42 Å². The van der Waals surface area contributed by atoms with Crippen LogP contribution in [0.25, 0.3) is 0 Å². The summed E-state index contributed by atoms with van der Waals surface area (Å²) in [6.07, 6.45) is 4.16. The maximum absolute atomic E-state index is 13.4. The van der Waals surface area contributed by atoms with Gasteiger partial charge in [0.1, 0.15) is 11.4 Å². The summed E-state index contributed by atoms with van der Waals surface area (Å²) in [5.41, 5.74) is -0.489. The fourth-order valence-corrected chi connectivity index (χ4v) is 1.77. The molecule has 0 saturated heterocycles. The molecule has 0 aliphatic heterocycles. The number of carboxylic acids is 1. The molecular formula is C14H18FNO3. The normalized spacial score (nSPS) is 10.2. The van der Waals surface area contributed by atoms with Crippen LogP contribution in [0.3, 0.4) is 0 Å². The van der Waals surface area contributed by atoms with E-state index in [2.05, 4.69) is 12.2 Å². The summed E-state index contributed by atoms with van der Waals surface area (Å²) in [4.78, 5) is 22.6. The lowest BCUT2D eigenvalue weighted by Crippen LogP contribution is -2.15. The van der Waals surface area contributed by atoms with Crippen LogP contribution < -0.4 is 5.32 Å². The molecule has 0 fully saturated rings. The van der Waals surface area contributed by atoms with Gasteiger partial charge in [0.15, 0.2) is 0 Å². The van der Waals surface area contributed by atoms with Crippen molar-refractivity contribution >= 4 is 17.6 Å². The van der Waals surface area contributed by atoms with Crippen LogP contribution in [0.15, 0.2) is 18.2 Å². The minimum absolute atomic E-state index is 0.00740. The maximum atomic E-state index is 13.4. The molecule has 0 aromatic heterocycles. The lowest BCUT2D eigenvalue weighted by molar-refractivity contribution is -0.116. The molecule has 0 radical (unpaired) electrons. The molecular weight excluding hydrogens is 249 g/mol. The average molecular weight is 267 g/mol. The van der Waals surface area contributed by atoms with Gasteiger partial charge in [0.05, 0.1) is 5.69 Å². The Morgan fingerprint density at radius 3 is 2.63 bits per heavy atom. The van der Waals surface area contributed by atoms with Crippen molar-refractivity contribution in [3.8, 4) is 0 Å². The number of rotatable bonds is 7. The second-order valence-corrected chi connectivity index (χ2v) is 4.33. The molecule has 1 aromatic rings. The lowest BCUT2D eigenvalue weighted by atomic mass is 10.1. The van der Waals surface area contributed by atoms with Gasteiger partial charge in [-0.05, 0) is 18.6 Å². The van der Waals surface area contributed by atoms with Crippen LogP contribution in [0, 0.1) is 5.82 Å². The maximum Gasteiger partial charge on any atom is 0.340 e. The highest BCUT2D eigenvalue weighted by Crippen LogP contribution is 2.19. The molecule has 104 valence electrons. The number of nitrogens with one attached hydrogen (secondary N) is 1. The summed E-state index contributed by atoms with van der Waals surface area (Å²) < 4.78 is 13.4. The van der Waals surface area contributed by atoms with Crippen LogP contribution >= 0.6 is 0 Å². The second-order valence-electron chi connectivity index (χ2n) is 4.33. The molecule has 1 rings (SSSR count). The van der Waals surface area contributed by atoms with E-state index < -0.39 is 17.3 Å². The van der Waals surface area contributed by atoms with Crippen molar-refractivity contribution in [1.82, 2.24) is 0 Å². The third-order valence-electron chi connectivity index (χ3n) is 2.76. The number of unbranched alkanes of at least 4 members (excludes halogenated alkanes) is 3. The Morgan fingerprint density at radius 1 is 1.26 bits per heavy atom. The van der Waals surface area contributed by atoms with Gasteiger partial charge in [-0.25, -0.2) is 9.18 Å². The summed E-state index contributed by atoms with van der Waals surface area (Å²) >= 11 is 0. The Balaban J connectivity index is 2.64. The van der Waals surface area contributed by atoms with E-state index in [9.17, 15) is 14.0 Å². The van der Waals surface area contributed by atoms with Crippen molar-refractivity contribution in [2.24, 2.45) is 0 Å². The number of hydrogen-bond acceptors (Lipinski definition) is 2. The third kappa shape index (κ3) is 4.69. The highest BCUT2D eigenvalue weighted by molar-refractivity contribution is 6.00. The van der Waals surface area contributed by atoms with Crippen molar-refractivity contribution in [2.45, 2.75) is 39.0 Å². The van der Waals surface area contributed by atoms with E-state index in [0.717, 1.165) is 31.7 Å². The summed E-state index contributed by atoms with van der Waals surface area (Å²) in [7, 11) is 0.